The Labute approximate surface area is 112 Å². The van der Waals surface area contributed by atoms with Crippen molar-refractivity contribution in [1.82, 2.24) is 0 Å². The number of hydrogen-bond donors (Lipinski definition) is 1. The van der Waals surface area contributed by atoms with E-state index in [1.54, 1.807) is 7.11 Å². The van der Waals surface area contributed by atoms with Gasteiger partial charge >= 0.3 is 0 Å². The Hall–Kier alpha value is -1.02. The zero-order chi connectivity index (χ0) is 13.5. The van der Waals surface area contributed by atoms with Crippen LogP contribution in [0.25, 0.3) is 0 Å². The first kappa shape index (κ1) is 15.0. The molecular formula is C16H27NO. The first-order valence-corrected chi connectivity index (χ1v) is 6.98. The molecule has 0 heterocycles. The lowest BCUT2D eigenvalue weighted by atomic mass is 9.98. The van der Waals surface area contributed by atoms with Crippen molar-refractivity contribution in [3.05, 3.63) is 28.8 Å². The number of benzene rings is 1. The summed E-state index contributed by atoms with van der Waals surface area (Å²) >= 11 is 0. The van der Waals surface area contributed by atoms with Crippen LogP contribution in [0.2, 0.25) is 0 Å². The summed E-state index contributed by atoms with van der Waals surface area (Å²) in [5.41, 5.74) is 9.90. The molecule has 0 spiro atoms. The van der Waals surface area contributed by atoms with Crippen molar-refractivity contribution >= 4 is 0 Å². The van der Waals surface area contributed by atoms with Gasteiger partial charge in [0.1, 0.15) is 5.75 Å². The Balaban J connectivity index is 2.61. The molecule has 0 fully saturated rings. The third kappa shape index (κ3) is 4.34. The molecule has 0 saturated carbocycles. The average Bonchev–Trinajstić information content (AvgIpc) is 2.28. The van der Waals surface area contributed by atoms with Gasteiger partial charge in [0.05, 0.1) is 7.11 Å². The zero-order valence-electron chi connectivity index (χ0n) is 12.3. The molecule has 2 N–H and O–H groups in total. The minimum Gasteiger partial charge on any atom is -0.496 e. The average molecular weight is 249 g/mol. The lowest BCUT2D eigenvalue weighted by molar-refractivity contribution is 0.405. The first-order chi connectivity index (χ1) is 8.58. The smallest absolute Gasteiger partial charge is 0.124 e. The standard InChI is InChI=1S/C16H27NO/c1-5-7-15(17)9-6-8-14-11-12(2)10-13(3)16(14)18-4/h10-11,15H,5-9,17H2,1-4H3. The molecule has 0 radical (unpaired) electrons. The Morgan fingerprint density at radius 1 is 1.22 bits per heavy atom. The van der Waals surface area contributed by atoms with Gasteiger partial charge in [-0.25, -0.2) is 0 Å². The van der Waals surface area contributed by atoms with Gasteiger partial charge in [-0.05, 0) is 50.7 Å². The summed E-state index contributed by atoms with van der Waals surface area (Å²) in [6.07, 6.45) is 5.60. The molecule has 1 aromatic carbocycles. The highest BCUT2D eigenvalue weighted by Gasteiger charge is 2.08. The summed E-state index contributed by atoms with van der Waals surface area (Å²) in [4.78, 5) is 0. The van der Waals surface area contributed by atoms with Crippen LogP contribution in [0.5, 0.6) is 5.75 Å². The van der Waals surface area contributed by atoms with Crippen LogP contribution in [-0.4, -0.2) is 13.2 Å². The fourth-order valence-electron chi connectivity index (χ4n) is 2.59. The van der Waals surface area contributed by atoms with Crippen molar-refractivity contribution in [3.63, 3.8) is 0 Å². The van der Waals surface area contributed by atoms with E-state index in [2.05, 4.69) is 32.9 Å². The normalized spacial score (nSPS) is 12.5. The number of hydrogen-bond acceptors (Lipinski definition) is 2. The maximum atomic E-state index is 6.05. The van der Waals surface area contributed by atoms with Gasteiger partial charge in [0.15, 0.2) is 0 Å². The summed E-state index contributed by atoms with van der Waals surface area (Å²) in [6, 6.07) is 4.76. The second-order valence-electron chi connectivity index (χ2n) is 5.22. The van der Waals surface area contributed by atoms with Gasteiger partial charge in [0, 0.05) is 6.04 Å². The molecule has 0 bridgehead atoms. The molecule has 0 aliphatic rings. The Morgan fingerprint density at radius 2 is 1.94 bits per heavy atom. The molecule has 1 unspecified atom stereocenters. The van der Waals surface area contributed by atoms with Crippen LogP contribution in [-0.2, 0) is 6.42 Å². The van der Waals surface area contributed by atoms with E-state index in [1.807, 2.05) is 0 Å². The topological polar surface area (TPSA) is 35.2 Å². The second-order valence-corrected chi connectivity index (χ2v) is 5.22. The lowest BCUT2D eigenvalue weighted by Crippen LogP contribution is -2.19. The molecule has 0 amide bonds. The summed E-state index contributed by atoms with van der Waals surface area (Å²) < 4.78 is 5.50. The second kappa shape index (κ2) is 7.42. The van der Waals surface area contributed by atoms with E-state index in [0.717, 1.165) is 31.4 Å². The molecule has 0 aromatic heterocycles. The molecule has 0 aliphatic heterocycles. The van der Waals surface area contributed by atoms with Gasteiger partial charge in [0.2, 0.25) is 0 Å². The molecular weight excluding hydrogens is 222 g/mol. The molecule has 0 saturated heterocycles. The van der Waals surface area contributed by atoms with Crippen LogP contribution in [0.4, 0.5) is 0 Å². The number of methoxy groups -OCH3 is 1. The van der Waals surface area contributed by atoms with E-state index in [4.69, 9.17) is 10.5 Å². The third-order valence-electron chi connectivity index (χ3n) is 3.38. The predicted octanol–water partition coefficient (Wildman–Crippen LogP) is 3.76. The van der Waals surface area contributed by atoms with Crippen molar-refractivity contribution in [1.29, 1.82) is 0 Å². The van der Waals surface area contributed by atoms with Crippen molar-refractivity contribution in [2.75, 3.05) is 7.11 Å². The highest BCUT2D eigenvalue weighted by molar-refractivity contribution is 5.43. The molecule has 102 valence electrons. The molecule has 2 heteroatoms. The number of nitrogens with two attached hydrogens (primary N) is 1. The predicted molar refractivity (Wildman–Crippen MR) is 78.3 cm³/mol. The summed E-state index contributed by atoms with van der Waals surface area (Å²) in [5, 5.41) is 0. The van der Waals surface area contributed by atoms with Crippen LogP contribution in [0.1, 0.15) is 49.3 Å². The van der Waals surface area contributed by atoms with Crippen LogP contribution < -0.4 is 10.5 Å². The summed E-state index contributed by atoms with van der Waals surface area (Å²) in [7, 11) is 1.75. The van der Waals surface area contributed by atoms with Gasteiger partial charge in [-0.2, -0.15) is 0 Å². The van der Waals surface area contributed by atoms with Crippen LogP contribution in [0.15, 0.2) is 12.1 Å². The monoisotopic (exact) mass is 249 g/mol. The van der Waals surface area contributed by atoms with Gasteiger partial charge in [-0.15, -0.1) is 0 Å². The fraction of sp³-hybridized carbons (Fsp3) is 0.625. The van der Waals surface area contributed by atoms with E-state index in [0.29, 0.717) is 6.04 Å². The maximum absolute atomic E-state index is 6.05. The first-order valence-electron chi connectivity index (χ1n) is 6.98. The van der Waals surface area contributed by atoms with Gasteiger partial charge in [-0.1, -0.05) is 31.0 Å². The van der Waals surface area contributed by atoms with E-state index >= 15 is 0 Å². The molecule has 2 nitrogen and oxygen atoms in total. The van der Waals surface area contributed by atoms with Gasteiger partial charge in [0.25, 0.3) is 0 Å². The largest absolute Gasteiger partial charge is 0.496 e. The van der Waals surface area contributed by atoms with Crippen LogP contribution in [0, 0.1) is 13.8 Å². The van der Waals surface area contributed by atoms with E-state index in [9.17, 15) is 0 Å². The molecule has 18 heavy (non-hydrogen) atoms. The van der Waals surface area contributed by atoms with Crippen LogP contribution >= 0.6 is 0 Å². The maximum Gasteiger partial charge on any atom is 0.124 e. The van der Waals surface area contributed by atoms with E-state index in [-0.39, 0.29) is 0 Å². The summed E-state index contributed by atoms with van der Waals surface area (Å²) in [6.45, 7) is 6.43. The van der Waals surface area contributed by atoms with Crippen molar-refractivity contribution in [2.45, 2.75) is 58.9 Å². The Morgan fingerprint density at radius 3 is 2.56 bits per heavy atom. The minimum atomic E-state index is 0.354. The third-order valence-corrected chi connectivity index (χ3v) is 3.38. The molecule has 1 rings (SSSR count). The van der Waals surface area contributed by atoms with Crippen molar-refractivity contribution in [3.8, 4) is 5.75 Å². The van der Waals surface area contributed by atoms with Crippen molar-refractivity contribution in [2.24, 2.45) is 5.73 Å². The molecule has 1 aromatic rings. The Kier molecular flexibility index (Phi) is 6.20. The highest BCUT2D eigenvalue weighted by Crippen LogP contribution is 2.26. The highest BCUT2D eigenvalue weighted by atomic mass is 16.5. The quantitative estimate of drug-likeness (QED) is 0.798. The van der Waals surface area contributed by atoms with Gasteiger partial charge < -0.3 is 10.5 Å². The number of rotatable bonds is 7. The fourth-order valence-corrected chi connectivity index (χ4v) is 2.59. The zero-order valence-corrected chi connectivity index (χ0v) is 12.3. The number of ether oxygens (including phenoxy) is 1. The minimum absolute atomic E-state index is 0.354. The van der Waals surface area contributed by atoms with E-state index in [1.165, 1.54) is 23.1 Å². The molecule has 0 aliphatic carbocycles. The van der Waals surface area contributed by atoms with Crippen molar-refractivity contribution < 1.29 is 4.74 Å². The molecule has 1 atom stereocenters. The SMILES string of the molecule is CCCC(N)CCCc1cc(C)cc(C)c1OC. The summed E-state index contributed by atoms with van der Waals surface area (Å²) in [5.74, 6) is 1.05. The lowest BCUT2D eigenvalue weighted by Gasteiger charge is -2.14. The van der Waals surface area contributed by atoms with Crippen LogP contribution in [0.3, 0.4) is 0 Å². The van der Waals surface area contributed by atoms with Gasteiger partial charge in [-0.3, -0.25) is 0 Å². The van der Waals surface area contributed by atoms with E-state index < -0.39 is 0 Å². The Bertz CT molecular complexity index is 374. The number of aryl methyl sites for hydroxylation is 3.